The number of pyridine rings is 1. The zero-order chi connectivity index (χ0) is 12.5. The van der Waals surface area contributed by atoms with Gasteiger partial charge >= 0.3 is 0 Å². The van der Waals surface area contributed by atoms with Crippen LogP contribution in [0.3, 0.4) is 0 Å². The Balaban J connectivity index is 2.18. The van der Waals surface area contributed by atoms with Gasteiger partial charge < -0.3 is 10.5 Å². The van der Waals surface area contributed by atoms with Crippen molar-refractivity contribution in [2.75, 3.05) is 6.54 Å². The van der Waals surface area contributed by atoms with E-state index < -0.39 is 0 Å². The maximum absolute atomic E-state index is 13.9. The molecule has 0 saturated heterocycles. The molecule has 0 fully saturated rings. The van der Waals surface area contributed by atoms with Gasteiger partial charge in [-0.2, -0.15) is 0 Å². The molecule has 1 aliphatic rings. The molecule has 3 rings (SSSR count). The first-order chi connectivity index (χ1) is 8.79. The molecule has 2 aromatic rings. The minimum Gasteiger partial charge on any atom is -0.452 e. The zero-order valence-corrected chi connectivity index (χ0v) is 9.77. The summed E-state index contributed by atoms with van der Waals surface area (Å²) in [7, 11) is 0. The highest BCUT2D eigenvalue weighted by molar-refractivity contribution is 5.45. The van der Waals surface area contributed by atoms with Crippen molar-refractivity contribution in [1.82, 2.24) is 4.98 Å². The average Bonchev–Trinajstić information content (AvgIpc) is 2.56. The molecule has 0 bridgehead atoms. The van der Waals surface area contributed by atoms with E-state index in [0.29, 0.717) is 18.7 Å². The highest BCUT2D eigenvalue weighted by Gasteiger charge is 2.25. The average molecular weight is 244 g/mol. The first-order valence-electron chi connectivity index (χ1n) is 5.90. The SMILES string of the molecule is NC[C@H]1Cc2ncccc2Oc2c(F)cccc21. The Hall–Kier alpha value is -1.94. The minimum atomic E-state index is -0.359. The van der Waals surface area contributed by atoms with Gasteiger partial charge in [0.25, 0.3) is 0 Å². The fourth-order valence-corrected chi connectivity index (χ4v) is 2.29. The maximum Gasteiger partial charge on any atom is 0.166 e. The number of nitrogens with zero attached hydrogens (tertiary/aromatic N) is 1. The van der Waals surface area contributed by atoms with Crippen LogP contribution in [-0.2, 0) is 6.42 Å². The number of para-hydroxylation sites is 1. The number of nitrogens with two attached hydrogens (primary N) is 1. The Kier molecular flexibility index (Phi) is 2.72. The Labute approximate surface area is 104 Å². The Morgan fingerprint density at radius 3 is 3.06 bits per heavy atom. The van der Waals surface area contributed by atoms with Crippen LogP contribution in [0.15, 0.2) is 36.5 Å². The summed E-state index contributed by atoms with van der Waals surface area (Å²) in [6.45, 7) is 0.440. The van der Waals surface area contributed by atoms with Crippen molar-refractivity contribution in [2.24, 2.45) is 5.73 Å². The van der Waals surface area contributed by atoms with Crippen molar-refractivity contribution < 1.29 is 9.13 Å². The largest absolute Gasteiger partial charge is 0.452 e. The number of hydrogen-bond donors (Lipinski definition) is 1. The van der Waals surface area contributed by atoms with Gasteiger partial charge in [-0.15, -0.1) is 0 Å². The molecule has 3 nitrogen and oxygen atoms in total. The first-order valence-corrected chi connectivity index (χ1v) is 5.90. The second-order valence-electron chi connectivity index (χ2n) is 4.35. The summed E-state index contributed by atoms with van der Waals surface area (Å²) in [5.74, 6) is 0.564. The van der Waals surface area contributed by atoms with Gasteiger partial charge in [-0.1, -0.05) is 12.1 Å². The smallest absolute Gasteiger partial charge is 0.166 e. The van der Waals surface area contributed by atoms with Crippen LogP contribution < -0.4 is 10.5 Å². The van der Waals surface area contributed by atoms with Gasteiger partial charge in [-0.25, -0.2) is 4.39 Å². The summed E-state index contributed by atoms with van der Waals surface area (Å²) >= 11 is 0. The third-order valence-corrected chi connectivity index (χ3v) is 3.22. The summed E-state index contributed by atoms with van der Waals surface area (Å²) in [6.07, 6.45) is 2.38. The van der Waals surface area contributed by atoms with Crippen molar-refractivity contribution in [1.29, 1.82) is 0 Å². The Bertz CT molecular complexity index is 586. The first kappa shape index (κ1) is 11.2. The molecule has 0 saturated carbocycles. The van der Waals surface area contributed by atoms with Crippen molar-refractivity contribution >= 4 is 0 Å². The zero-order valence-electron chi connectivity index (χ0n) is 9.77. The lowest BCUT2D eigenvalue weighted by atomic mass is 9.94. The maximum atomic E-state index is 13.9. The van der Waals surface area contributed by atoms with Gasteiger partial charge in [0.2, 0.25) is 0 Å². The molecule has 2 heterocycles. The number of halogens is 1. The molecule has 1 atom stereocenters. The molecule has 0 radical (unpaired) electrons. The van der Waals surface area contributed by atoms with E-state index in [9.17, 15) is 4.39 Å². The minimum absolute atomic E-state index is 0.0341. The number of ether oxygens (including phenoxy) is 1. The summed E-state index contributed by atoms with van der Waals surface area (Å²) in [6, 6.07) is 8.53. The normalized spacial score (nSPS) is 17.3. The van der Waals surface area contributed by atoms with Crippen LogP contribution >= 0.6 is 0 Å². The quantitative estimate of drug-likeness (QED) is 0.838. The van der Waals surface area contributed by atoms with E-state index in [0.717, 1.165) is 11.3 Å². The molecule has 92 valence electrons. The molecule has 0 amide bonds. The van der Waals surface area contributed by atoms with Gasteiger partial charge in [0.15, 0.2) is 11.6 Å². The number of hydrogen-bond acceptors (Lipinski definition) is 3. The van der Waals surface area contributed by atoms with Gasteiger partial charge in [0, 0.05) is 24.1 Å². The molecular weight excluding hydrogens is 231 g/mol. The van der Waals surface area contributed by atoms with E-state index in [1.807, 2.05) is 6.07 Å². The van der Waals surface area contributed by atoms with Crippen LogP contribution in [0.1, 0.15) is 17.2 Å². The predicted molar refractivity (Wildman–Crippen MR) is 66.2 cm³/mol. The van der Waals surface area contributed by atoms with E-state index >= 15 is 0 Å². The summed E-state index contributed by atoms with van der Waals surface area (Å²) in [5.41, 5.74) is 7.43. The third-order valence-electron chi connectivity index (χ3n) is 3.22. The predicted octanol–water partition coefficient (Wildman–Crippen LogP) is 2.61. The molecule has 2 N–H and O–H groups in total. The van der Waals surface area contributed by atoms with Gasteiger partial charge in [-0.05, 0) is 24.7 Å². The summed E-state index contributed by atoms with van der Waals surface area (Å²) < 4.78 is 19.5. The molecule has 1 aromatic carbocycles. The molecule has 0 unspecified atom stereocenters. The standard InChI is InChI=1S/C14H13FN2O/c15-11-4-1-3-10-9(8-16)7-12-13(18-14(10)11)5-2-6-17-12/h1-6,9H,7-8,16H2/t9-/m1/s1. The van der Waals surface area contributed by atoms with E-state index in [1.165, 1.54) is 6.07 Å². The second-order valence-corrected chi connectivity index (χ2v) is 4.35. The monoisotopic (exact) mass is 244 g/mol. The van der Waals surface area contributed by atoms with Gasteiger partial charge in [0.05, 0.1) is 5.69 Å². The van der Waals surface area contributed by atoms with Gasteiger partial charge in [-0.3, -0.25) is 4.98 Å². The Morgan fingerprint density at radius 2 is 2.22 bits per heavy atom. The lowest BCUT2D eigenvalue weighted by Gasteiger charge is -2.14. The highest BCUT2D eigenvalue weighted by atomic mass is 19.1. The van der Waals surface area contributed by atoms with E-state index in [4.69, 9.17) is 10.5 Å². The fraction of sp³-hybridized carbons (Fsp3) is 0.214. The molecule has 0 aliphatic carbocycles. The lowest BCUT2D eigenvalue weighted by molar-refractivity contribution is 0.436. The van der Waals surface area contributed by atoms with E-state index in [-0.39, 0.29) is 17.5 Å². The van der Waals surface area contributed by atoms with Crippen LogP contribution in [-0.4, -0.2) is 11.5 Å². The van der Waals surface area contributed by atoms with E-state index in [1.54, 1.807) is 24.4 Å². The topological polar surface area (TPSA) is 48.1 Å². The van der Waals surface area contributed by atoms with Crippen LogP contribution in [0.2, 0.25) is 0 Å². The van der Waals surface area contributed by atoms with Crippen molar-refractivity contribution in [3.05, 3.63) is 53.6 Å². The highest BCUT2D eigenvalue weighted by Crippen LogP contribution is 2.39. The van der Waals surface area contributed by atoms with E-state index in [2.05, 4.69) is 4.98 Å². The van der Waals surface area contributed by atoms with Crippen molar-refractivity contribution in [2.45, 2.75) is 12.3 Å². The van der Waals surface area contributed by atoms with Crippen LogP contribution in [0.5, 0.6) is 11.5 Å². The Morgan fingerprint density at radius 1 is 1.33 bits per heavy atom. The number of fused-ring (bicyclic) bond motifs is 2. The molecule has 18 heavy (non-hydrogen) atoms. The molecule has 4 heteroatoms. The van der Waals surface area contributed by atoms with Crippen LogP contribution in [0, 0.1) is 5.82 Å². The molecule has 1 aliphatic heterocycles. The van der Waals surface area contributed by atoms with Crippen molar-refractivity contribution in [3.63, 3.8) is 0 Å². The molecular formula is C14H13FN2O. The number of aromatic nitrogens is 1. The fourth-order valence-electron chi connectivity index (χ4n) is 2.29. The third kappa shape index (κ3) is 1.75. The summed E-state index contributed by atoms with van der Waals surface area (Å²) in [4.78, 5) is 4.29. The van der Waals surface area contributed by atoms with Crippen molar-refractivity contribution in [3.8, 4) is 11.5 Å². The van der Waals surface area contributed by atoms with Gasteiger partial charge in [0.1, 0.15) is 5.75 Å². The number of rotatable bonds is 1. The lowest BCUT2D eigenvalue weighted by Crippen LogP contribution is -2.15. The summed E-state index contributed by atoms with van der Waals surface area (Å²) in [5, 5.41) is 0. The molecule has 0 spiro atoms. The number of benzene rings is 1. The molecule has 1 aromatic heterocycles. The van der Waals surface area contributed by atoms with Crippen LogP contribution in [0.25, 0.3) is 0 Å². The van der Waals surface area contributed by atoms with Crippen LogP contribution in [0.4, 0.5) is 4.39 Å². The second kappa shape index (κ2) is 4.38.